The summed E-state index contributed by atoms with van der Waals surface area (Å²) in [5.41, 5.74) is 1.14. The molecule has 4 rings (SSSR count). The SMILES string of the molecule is O=C(NC1CCCCC1C(=O)N[C@@H](Cc1ccc(NC(=O)c2c(Cl)cccc2Cl)cc1)C(=O)O)c1ccc([N+](=O)[O-])o1. The van der Waals surface area contributed by atoms with E-state index in [1.165, 1.54) is 6.07 Å². The number of rotatable bonds is 10. The van der Waals surface area contributed by atoms with Gasteiger partial charge in [-0.25, -0.2) is 4.79 Å². The molecular weight excluding hydrogens is 591 g/mol. The van der Waals surface area contributed by atoms with Crippen LogP contribution < -0.4 is 16.0 Å². The van der Waals surface area contributed by atoms with E-state index < -0.39 is 52.5 Å². The lowest BCUT2D eigenvalue weighted by molar-refractivity contribution is -0.402. The summed E-state index contributed by atoms with van der Waals surface area (Å²) >= 11 is 12.2. The molecule has 42 heavy (non-hydrogen) atoms. The average molecular weight is 617 g/mol. The molecule has 2 unspecified atom stereocenters. The van der Waals surface area contributed by atoms with Crippen LogP contribution in [-0.2, 0) is 16.0 Å². The van der Waals surface area contributed by atoms with Gasteiger partial charge in [0, 0.05) is 18.2 Å². The Morgan fingerprint density at radius 1 is 0.976 bits per heavy atom. The number of carbonyl (C=O) groups excluding carboxylic acids is 3. The Balaban J connectivity index is 1.38. The van der Waals surface area contributed by atoms with Gasteiger partial charge in [0.1, 0.15) is 11.0 Å². The number of nitro groups is 1. The number of amides is 3. The molecule has 1 fully saturated rings. The van der Waals surface area contributed by atoms with E-state index in [-0.39, 0.29) is 27.8 Å². The summed E-state index contributed by atoms with van der Waals surface area (Å²) in [5, 5.41) is 29.0. The van der Waals surface area contributed by atoms with Crippen molar-refractivity contribution in [2.24, 2.45) is 5.92 Å². The highest BCUT2D eigenvalue weighted by Gasteiger charge is 2.35. The summed E-state index contributed by atoms with van der Waals surface area (Å²) in [6.07, 6.45) is 2.30. The summed E-state index contributed by atoms with van der Waals surface area (Å²) < 4.78 is 4.94. The molecule has 2 aromatic carbocycles. The monoisotopic (exact) mass is 616 g/mol. The third-order valence-electron chi connectivity index (χ3n) is 6.87. The van der Waals surface area contributed by atoms with E-state index in [0.29, 0.717) is 30.5 Å². The van der Waals surface area contributed by atoms with Crippen molar-refractivity contribution in [1.29, 1.82) is 0 Å². The topological polar surface area (TPSA) is 181 Å². The zero-order valence-corrected chi connectivity index (χ0v) is 23.5. The standard InChI is InChI=1S/C28H26Cl2N4O8/c29-18-5-3-6-19(30)24(18)27(37)31-16-10-8-15(9-11-16)14-21(28(38)39)33-25(35)17-4-1-2-7-20(17)32-26(36)22-12-13-23(42-22)34(40)41/h3,5-6,8-13,17,20-21H,1-2,4,7,14H2,(H,31,37)(H,32,36)(H,33,35)(H,38,39)/t17?,20?,21-/m0/s1. The van der Waals surface area contributed by atoms with Crippen LogP contribution in [0.2, 0.25) is 10.0 Å². The summed E-state index contributed by atoms with van der Waals surface area (Å²) in [4.78, 5) is 60.5. The number of halogens is 2. The second kappa shape index (κ2) is 13.5. The molecule has 0 bridgehead atoms. The lowest BCUT2D eigenvalue weighted by Gasteiger charge is -2.31. The van der Waals surface area contributed by atoms with Gasteiger partial charge in [0.2, 0.25) is 5.91 Å². The summed E-state index contributed by atoms with van der Waals surface area (Å²) in [6, 6.07) is 11.5. The second-order valence-electron chi connectivity index (χ2n) is 9.72. The van der Waals surface area contributed by atoms with E-state index in [4.69, 9.17) is 27.6 Å². The molecule has 1 aromatic heterocycles. The molecule has 1 aliphatic carbocycles. The number of aliphatic carboxylic acids is 1. The number of carboxylic acids is 1. The van der Waals surface area contributed by atoms with Crippen LogP contribution in [0.3, 0.4) is 0 Å². The fraction of sp³-hybridized carbons (Fsp3) is 0.286. The molecule has 3 atom stereocenters. The van der Waals surface area contributed by atoms with Crippen LogP contribution >= 0.6 is 23.2 Å². The zero-order valence-electron chi connectivity index (χ0n) is 22.0. The predicted octanol–water partition coefficient (Wildman–Crippen LogP) is 4.85. The van der Waals surface area contributed by atoms with Crippen LogP contribution in [0, 0.1) is 16.0 Å². The third kappa shape index (κ3) is 7.45. The van der Waals surface area contributed by atoms with Crippen molar-refractivity contribution in [3.8, 4) is 0 Å². The summed E-state index contributed by atoms with van der Waals surface area (Å²) in [5.74, 6) is -4.53. The van der Waals surface area contributed by atoms with Crippen molar-refractivity contribution < 1.29 is 33.6 Å². The molecule has 0 radical (unpaired) electrons. The number of hydrogen-bond donors (Lipinski definition) is 4. The van der Waals surface area contributed by atoms with Gasteiger partial charge in [0.15, 0.2) is 5.76 Å². The van der Waals surface area contributed by atoms with E-state index in [0.717, 1.165) is 12.5 Å². The molecule has 3 amide bonds. The minimum Gasteiger partial charge on any atom is -0.480 e. The average Bonchev–Trinajstić information content (AvgIpc) is 3.45. The summed E-state index contributed by atoms with van der Waals surface area (Å²) in [6.45, 7) is 0. The van der Waals surface area contributed by atoms with Crippen LogP contribution in [0.4, 0.5) is 11.6 Å². The minimum atomic E-state index is -1.26. The van der Waals surface area contributed by atoms with Gasteiger partial charge in [-0.05, 0) is 48.7 Å². The number of nitrogens with one attached hydrogen (secondary N) is 3. The van der Waals surface area contributed by atoms with E-state index in [1.807, 2.05) is 0 Å². The van der Waals surface area contributed by atoms with Gasteiger partial charge in [-0.1, -0.05) is 54.2 Å². The highest BCUT2D eigenvalue weighted by Crippen LogP contribution is 2.27. The van der Waals surface area contributed by atoms with Gasteiger partial charge in [-0.3, -0.25) is 24.5 Å². The number of carboxylic acid groups (broad SMARTS) is 1. The van der Waals surface area contributed by atoms with Gasteiger partial charge < -0.3 is 25.5 Å². The Bertz CT molecular complexity index is 1490. The van der Waals surface area contributed by atoms with Crippen LogP contribution in [0.5, 0.6) is 0 Å². The number of nitrogens with zero attached hydrogens (tertiary/aromatic N) is 1. The van der Waals surface area contributed by atoms with Crippen LogP contribution in [0.1, 0.15) is 52.2 Å². The second-order valence-corrected chi connectivity index (χ2v) is 10.5. The van der Waals surface area contributed by atoms with Crippen molar-refractivity contribution in [2.45, 2.75) is 44.2 Å². The first kappa shape index (κ1) is 30.5. The molecule has 0 aliphatic heterocycles. The molecule has 1 saturated carbocycles. The first-order valence-electron chi connectivity index (χ1n) is 13.0. The third-order valence-corrected chi connectivity index (χ3v) is 7.50. The molecule has 0 spiro atoms. The maximum absolute atomic E-state index is 13.2. The molecule has 14 heteroatoms. The van der Waals surface area contributed by atoms with E-state index >= 15 is 0 Å². The van der Waals surface area contributed by atoms with E-state index in [2.05, 4.69) is 16.0 Å². The highest BCUT2D eigenvalue weighted by atomic mass is 35.5. The Hall–Kier alpha value is -4.42. The Morgan fingerprint density at radius 2 is 1.64 bits per heavy atom. The normalized spacial score (nSPS) is 17.1. The maximum atomic E-state index is 13.2. The van der Waals surface area contributed by atoms with E-state index in [9.17, 15) is 34.4 Å². The first-order valence-corrected chi connectivity index (χ1v) is 13.7. The number of anilines is 1. The smallest absolute Gasteiger partial charge is 0.433 e. The zero-order chi connectivity index (χ0) is 30.4. The Labute approximate surface area is 249 Å². The molecule has 1 heterocycles. The quantitative estimate of drug-likeness (QED) is 0.184. The van der Waals surface area contributed by atoms with Crippen molar-refractivity contribution in [3.63, 3.8) is 0 Å². The lowest BCUT2D eigenvalue weighted by atomic mass is 9.83. The molecule has 220 valence electrons. The molecule has 4 N–H and O–H groups in total. The molecule has 1 aliphatic rings. The largest absolute Gasteiger partial charge is 0.480 e. The highest BCUT2D eigenvalue weighted by molar-refractivity contribution is 6.40. The number of furan rings is 1. The minimum absolute atomic E-state index is 0.0363. The Kier molecular flexibility index (Phi) is 9.81. The lowest BCUT2D eigenvalue weighted by Crippen LogP contribution is -2.52. The van der Waals surface area contributed by atoms with E-state index in [1.54, 1.807) is 42.5 Å². The van der Waals surface area contributed by atoms with Crippen molar-refractivity contribution in [3.05, 3.63) is 91.6 Å². The fourth-order valence-electron chi connectivity index (χ4n) is 4.75. The van der Waals surface area contributed by atoms with Gasteiger partial charge in [-0.15, -0.1) is 0 Å². The molecule has 0 saturated heterocycles. The van der Waals surface area contributed by atoms with Gasteiger partial charge >= 0.3 is 11.9 Å². The molecule has 3 aromatic rings. The maximum Gasteiger partial charge on any atom is 0.433 e. The van der Waals surface area contributed by atoms with Gasteiger partial charge in [0.05, 0.1) is 27.6 Å². The predicted molar refractivity (Wildman–Crippen MR) is 153 cm³/mol. The molecular formula is C28H26Cl2N4O8. The van der Waals surface area contributed by atoms with Crippen molar-refractivity contribution in [1.82, 2.24) is 10.6 Å². The number of hydrogen-bond acceptors (Lipinski definition) is 7. The van der Waals surface area contributed by atoms with Crippen LogP contribution in [0.15, 0.2) is 59.0 Å². The fourth-order valence-corrected chi connectivity index (χ4v) is 5.32. The van der Waals surface area contributed by atoms with Crippen LogP contribution in [-0.4, -0.2) is 45.8 Å². The number of benzene rings is 2. The number of carbonyl (C=O) groups is 4. The van der Waals surface area contributed by atoms with Gasteiger partial charge in [-0.2, -0.15) is 0 Å². The van der Waals surface area contributed by atoms with Gasteiger partial charge in [0.25, 0.3) is 11.8 Å². The summed E-state index contributed by atoms with van der Waals surface area (Å²) in [7, 11) is 0. The molecule has 12 nitrogen and oxygen atoms in total. The van der Waals surface area contributed by atoms with Crippen LogP contribution in [0.25, 0.3) is 0 Å². The van der Waals surface area contributed by atoms with Crippen molar-refractivity contribution >= 4 is 58.5 Å². The van der Waals surface area contributed by atoms with Crippen molar-refractivity contribution in [2.75, 3.05) is 5.32 Å². The first-order chi connectivity index (χ1) is 20.0. The Morgan fingerprint density at radius 3 is 2.26 bits per heavy atom.